The minimum atomic E-state index is -0.319. The zero-order valence-corrected chi connectivity index (χ0v) is 16.4. The summed E-state index contributed by atoms with van der Waals surface area (Å²) in [5, 5.41) is 2.86. The number of rotatable bonds is 5. The minimum absolute atomic E-state index is 0.221. The number of aryl methyl sites for hydroxylation is 1. The molecule has 6 nitrogen and oxygen atoms in total. The number of amides is 3. The number of para-hydroxylation sites is 2. The van der Waals surface area contributed by atoms with E-state index in [1.54, 1.807) is 36.4 Å². The summed E-state index contributed by atoms with van der Waals surface area (Å²) < 4.78 is 5.94. The third-order valence-corrected chi connectivity index (χ3v) is 4.79. The molecule has 0 bridgehead atoms. The van der Waals surface area contributed by atoms with E-state index < -0.39 is 0 Å². The molecule has 0 atom stereocenters. The standard InChI is InChI=1S/C24H20N2O4/c1-16-5-4-6-19(15-16)30-21-8-3-2-7-20(21)25-24(29)17-9-11-18(12-10-17)26-22(27)13-14-23(26)28/h2-12,15H,13-14H2,1H3,(H,25,29). The number of hydrogen-bond acceptors (Lipinski definition) is 4. The molecule has 0 unspecified atom stereocenters. The highest BCUT2D eigenvalue weighted by molar-refractivity contribution is 6.20. The van der Waals surface area contributed by atoms with E-state index in [4.69, 9.17) is 4.74 Å². The molecule has 1 N–H and O–H groups in total. The van der Waals surface area contributed by atoms with Gasteiger partial charge in [0.05, 0.1) is 11.4 Å². The van der Waals surface area contributed by atoms with Gasteiger partial charge in [-0.3, -0.25) is 19.3 Å². The van der Waals surface area contributed by atoms with Crippen molar-refractivity contribution < 1.29 is 19.1 Å². The Labute approximate surface area is 174 Å². The lowest BCUT2D eigenvalue weighted by Gasteiger charge is -2.15. The van der Waals surface area contributed by atoms with Crippen molar-refractivity contribution in [2.45, 2.75) is 19.8 Å². The Morgan fingerprint density at radius 2 is 1.60 bits per heavy atom. The largest absolute Gasteiger partial charge is 0.455 e. The van der Waals surface area contributed by atoms with Gasteiger partial charge in [-0.15, -0.1) is 0 Å². The summed E-state index contributed by atoms with van der Waals surface area (Å²) in [7, 11) is 0. The third kappa shape index (κ3) is 4.07. The number of carbonyl (C=O) groups excluding carboxylic acids is 3. The first-order valence-electron chi connectivity index (χ1n) is 9.62. The number of imide groups is 1. The van der Waals surface area contributed by atoms with Crippen molar-refractivity contribution in [3.63, 3.8) is 0 Å². The summed E-state index contributed by atoms with van der Waals surface area (Å²) in [5.74, 6) is 0.446. The molecule has 6 heteroatoms. The molecule has 150 valence electrons. The Balaban J connectivity index is 1.50. The molecule has 0 aromatic heterocycles. The second-order valence-electron chi connectivity index (χ2n) is 7.04. The molecule has 0 spiro atoms. The number of benzene rings is 3. The fraction of sp³-hybridized carbons (Fsp3) is 0.125. The van der Waals surface area contributed by atoms with Gasteiger partial charge in [0.25, 0.3) is 5.91 Å². The van der Waals surface area contributed by atoms with E-state index in [9.17, 15) is 14.4 Å². The van der Waals surface area contributed by atoms with Gasteiger partial charge in [0, 0.05) is 18.4 Å². The molecule has 1 heterocycles. The second-order valence-corrected chi connectivity index (χ2v) is 7.04. The fourth-order valence-electron chi connectivity index (χ4n) is 3.29. The molecule has 0 radical (unpaired) electrons. The van der Waals surface area contributed by atoms with Crippen LogP contribution in [0.3, 0.4) is 0 Å². The van der Waals surface area contributed by atoms with Crippen molar-refractivity contribution in [2.24, 2.45) is 0 Å². The minimum Gasteiger partial charge on any atom is -0.455 e. The molecule has 30 heavy (non-hydrogen) atoms. The lowest BCUT2D eigenvalue weighted by molar-refractivity contribution is -0.121. The summed E-state index contributed by atoms with van der Waals surface area (Å²) in [5.41, 5.74) is 2.49. The van der Waals surface area contributed by atoms with E-state index in [0.29, 0.717) is 28.4 Å². The molecule has 1 fully saturated rings. The topological polar surface area (TPSA) is 75.7 Å². The van der Waals surface area contributed by atoms with Gasteiger partial charge in [-0.2, -0.15) is 0 Å². The zero-order valence-electron chi connectivity index (χ0n) is 16.4. The second kappa shape index (κ2) is 8.21. The maximum atomic E-state index is 12.7. The molecule has 1 aliphatic heterocycles. The van der Waals surface area contributed by atoms with Crippen LogP contribution >= 0.6 is 0 Å². The Morgan fingerprint density at radius 1 is 0.900 bits per heavy atom. The van der Waals surface area contributed by atoms with Gasteiger partial charge in [0.1, 0.15) is 5.75 Å². The predicted molar refractivity (Wildman–Crippen MR) is 114 cm³/mol. The van der Waals surface area contributed by atoms with Crippen LogP contribution in [0.15, 0.2) is 72.8 Å². The van der Waals surface area contributed by atoms with Crippen molar-refractivity contribution in [1.82, 2.24) is 0 Å². The lowest BCUT2D eigenvalue weighted by atomic mass is 10.1. The lowest BCUT2D eigenvalue weighted by Crippen LogP contribution is -2.28. The quantitative estimate of drug-likeness (QED) is 0.630. The molecule has 1 aliphatic rings. The average molecular weight is 400 g/mol. The first kappa shape index (κ1) is 19.4. The summed E-state index contributed by atoms with van der Waals surface area (Å²) in [6.07, 6.45) is 0.442. The van der Waals surface area contributed by atoms with Gasteiger partial charge < -0.3 is 10.1 Å². The van der Waals surface area contributed by atoms with Gasteiger partial charge in [0.2, 0.25) is 11.8 Å². The third-order valence-electron chi connectivity index (χ3n) is 4.79. The number of nitrogens with zero attached hydrogens (tertiary/aromatic N) is 1. The molecule has 0 aliphatic carbocycles. The molecule has 4 rings (SSSR count). The van der Waals surface area contributed by atoms with E-state index in [0.717, 1.165) is 10.5 Å². The van der Waals surface area contributed by atoms with Crippen molar-refractivity contribution in [3.05, 3.63) is 83.9 Å². The number of anilines is 2. The van der Waals surface area contributed by atoms with Crippen molar-refractivity contribution >= 4 is 29.1 Å². The molecule has 1 saturated heterocycles. The summed E-state index contributed by atoms with van der Waals surface area (Å²) in [6.45, 7) is 1.98. The van der Waals surface area contributed by atoms with E-state index in [2.05, 4.69) is 5.32 Å². The van der Waals surface area contributed by atoms with Crippen LogP contribution in [0, 0.1) is 6.92 Å². The molecular weight excluding hydrogens is 380 g/mol. The maximum absolute atomic E-state index is 12.7. The number of hydrogen-bond donors (Lipinski definition) is 1. The maximum Gasteiger partial charge on any atom is 0.255 e. The number of ether oxygens (including phenoxy) is 1. The van der Waals surface area contributed by atoms with Gasteiger partial charge in [0.15, 0.2) is 5.75 Å². The first-order valence-corrected chi connectivity index (χ1v) is 9.62. The van der Waals surface area contributed by atoms with Crippen LogP contribution in [-0.2, 0) is 9.59 Å². The Hall–Kier alpha value is -3.93. The Kier molecular flexibility index (Phi) is 5.30. The van der Waals surface area contributed by atoms with Crippen molar-refractivity contribution in [2.75, 3.05) is 10.2 Å². The van der Waals surface area contributed by atoms with Gasteiger partial charge in [-0.05, 0) is 61.0 Å². The van der Waals surface area contributed by atoms with E-state index in [1.807, 2.05) is 43.3 Å². The van der Waals surface area contributed by atoms with E-state index >= 15 is 0 Å². The van der Waals surface area contributed by atoms with Crippen molar-refractivity contribution in [3.8, 4) is 11.5 Å². The summed E-state index contributed by atoms with van der Waals surface area (Å²) >= 11 is 0. The van der Waals surface area contributed by atoms with Crippen LogP contribution in [0.2, 0.25) is 0 Å². The fourth-order valence-corrected chi connectivity index (χ4v) is 3.29. The zero-order chi connectivity index (χ0) is 21.1. The van der Waals surface area contributed by atoms with Gasteiger partial charge in [-0.25, -0.2) is 0 Å². The number of carbonyl (C=O) groups is 3. The Bertz CT molecular complexity index is 1110. The normalized spacial score (nSPS) is 13.4. The van der Waals surface area contributed by atoms with Crippen molar-refractivity contribution in [1.29, 1.82) is 0 Å². The molecule has 3 aromatic carbocycles. The smallest absolute Gasteiger partial charge is 0.255 e. The first-order chi connectivity index (χ1) is 14.5. The molecular formula is C24H20N2O4. The highest BCUT2D eigenvalue weighted by Gasteiger charge is 2.30. The molecule has 3 aromatic rings. The monoisotopic (exact) mass is 400 g/mol. The average Bonchev–Trinajstić information content (AvgIpc) is 3.08. The van der Waals surface area contributed by atoms with Crippen LogP contribution in [0.1, 0.15) is 28.8 Å². The van der Waals surface area contributed by atoms with Gasteiger partial charge >= 0.3 is 0 Å². The Morgan fingerprint density at radius 3 is 2.30 bits per heavy atom. The van der Waals surface area contributed by atoms with Crippen LogP contribution in [0.4, 0.5) is 11.4 Å². The molecule has 3 amide bonds. The highest BCUT2D eigenvalue weighted by Crippen LogP contribution is 2.30. The highest BCUT2D eigenvalue weighted by atomic mass is 16.5. The van der Waals surface area contributed by atoms with E-state index in [1.165, 1.54) is 0 Å². The van der Waals surface area contributed by atoms with Crippen LogP contribution in [0.25, 0.3) is 0 Å². The number of nitrogens with one attached hydrogen (secondary N) is 1. The van der Waals surface area contributed by atoms with Gasteiger partial charge in [-0.1, -0.05) is 24.3 Å². The summed E-state index contributed by atoms with van der Waals surface area (Å²) in [6, 6.07) is 21.2. The van der Waals surface area contributed by atoms with Crippen LogP contribution < -0.4 is 15.0 Å². The van der Waals surface area contributed by atoms with E-state index in [-0.39, 0.29) is 30.6 Å². The van der Waals surface area contributed by atoms with Crippen LogP contribution in [-0.4, -0.2) is 17.7 Å². The predicted octanol–water partition coefficient (Wildman–Crippen LogP) is 4.69. The molecule has 0 saturated carbocycles. The van der Waals surface area contributed by atoms with Crippen LogP contribution in [0.5, 0.6) is 11.5 Å². The summed E-state index contributed by atoms with van der Waals surface area (Å²) in [4.78, 5) is 37.6. The SMILES string of the molecule is Cc1cccc(Oc2ccccc2NC(=O)c2ccc(N3C(=O)CCC3=O)cc2)c1.